The van der Waals surface area contributed by atoms with Crippen molar-refractivity contribution in [3.63, 3.8) is 0 Å². The van der Waals surface area contributed by atoms with Crippen LogP contribution in [0.15, 0.2) is 73.3 Å². The standard InChI is InChI=1S/C22H15F2N5O/c23-14-9-13(10-27-11-14)15-7-8-26-12-20(15)29-22(30)21-18(25)5-6-19(28-21)16-3-1-2-4-17(16)24/h1-12H,25H2,(H,29,30). The number of nitrogens with zero attached hydrogens (tertiary/aromatic N) is 3. The van der Waals surface area contributed by atoms with Crippen LogP contribution in [-0.4, -0.2) is 20.9 Å². The number of nitrogen functional groups attached to an aromatic ring is 1. The molecule has 0 saturated heterocycles. The van der Waals surface area contributed by atoms with Gasteiger partial charge in [0.15, 0.2) is 5.69 Å². The fourth-order valence-corrected chi connectivity index (χ4v) is 2.96. The third-order valence-electron chi connectivity index (χ3n) is 4.38. The molecule has 6 nitrogen and oxygen atoms in total. The van der Waals surface area contributed by atoms with E-state index in [0.29, 0.717) is 16.8 Å². The van der Waals surface area contributed by atoms with Crippen molar-refractivity contribution in [3.05, 3.63) is 90.6 Å². The van der Waals surface area contributed by atoms with E-state index in [1.807, 2.05) is 0 Å². The minimum absolute atomic E-state index is 0.0667. The number of hydrogen-bond acceptors (Lipinski definition) is 5. The highest BCUT2D eigenvalue weighted by Gasteiger charge is 2.17. The van der Waals surface area contributed by atoms with Crippen molar-refractivity contribution in [2.75, 3.05) is 11.1 Å². The van der Waals surface area contributed by atoms with E-state index < -0.39 is 17.5 Å². The first-order valence-corrected chi connectivity index (χ1v) is 8.90. The van der Waals surface area contributed by atoms with E-state index in [1.54, 1.807) is 30.3 Å². The summed E-state index contributed by atoms with van der Waals surface area (Å²) in [5, 5.41) is 2.69. The van der Waals surface area contributed by atoms with Crippen LogP contribution in [0.4, 0.5) is 20.2 Å². The largest absolute Gasteiger partial charge is 0.397 e. The van der Waals surface area contributed by atoms with Crippen LogP contribution in [0.1, 0.15) is 10.5 Å². The molecule has 0 fully saturated rings. The summed E-state index contributed by atoms with van der Waals surface area (Å²) in [7, 11) is 0. The summed E-state index contributed by atoms with van der Waals surface area (Å²) >= 11 is 0. The van der Waals surface area contributed by atoms with Gasteiger partial charge < -0.3 is 11.1 Å². The van der Waals surface area contributed by atoms with Crippen LogP contribution in [0.25, 0.3) is 22.4 Å². The van der Waals surface area contributed by atoms with E-state index in [4.69, 9.17) is 5.73 Å². The number of rotatable bonds is 4. The van der Waals surface area contributed by atoms with Crippen LogP contribution in [-0.2, 0) is 0 Å². The van der Waals surface area contributed by atoms with Gasteiger partial charge in [-0.2, -0.15) is 0 Å². The van der Waals surface area contributed by atoms with Gasteiger partial charge in [-0.05, 0) is 36.4 Å². The maximum atomic E-state index is 14.1. The molecule has 4 rings (SSSR count). The van der Waals surface area contributed by atoms with Gasteiger partial charge in [-0.15, -0.1) is 0 Å². The van der Waals surface area contributed by atoms with Gasteiger partial charge in [0.1, 0.15) is 11.6 Å². The molecule has 148 valence electrons. The Morgan fingerprint density at radius 1 is 0.933 bits per heavy atom. The van der Waals surface area contributed by atoms with Gasteiger partial charge in [0.2, 0.25) is 0 Å². The second-order valence-corrected chi connectivity index (χ2v) is 6.38. The normalized spacial score (nSPS) is 10.6. The molecule has 0 spiro atoms. The second-order valence-electron chi connectivity index (χ2n) is 6.38. The average molecular weight is 403 g/mol. The summed E-state index contributed by atoms with van der Waals surface area (Å²) in [5.41, 5.74) is 7.84. The Bertz CT molecular complexity index is 1250. The molecule has 0 aliphatic rings. The molecule has 0 saturated carbocycles. The Morgan fingerprint density at radius 2 is 1.77 bits per heavy atom. The Kier molecular flexibility index (Phi) is 5.13. The summed E-state index contributed by atoms with van der Waals surface area (Å²) in [6.45, 7) is 0. The summed E-state index contributed by atoms with van der Waals surface area (Å²) in [4.78, 5) is 25.0. The van der Waals surface area contributed by atoms with Gasteiger partial charge in [0.25, 0.3) is 5.91 Å². The van der Waals surface area contributed by atoms with Crippen molar-refractivity contribution in [2.24, 2.45) is 0 Å². The third-order valence-corrected chi connectivity index (χ3v) is 4.38. The van der Waals surface area contributed by atoms with Crippen LogP contribution in [0.2, 0.25) is 0 Å². The van der Waals surface area contributed by atoms with E-state index in [-0.39, 0.29) is 22.6 Å². The summed E-state index contributed by atoms with van der Waals surface area (Å²) in [6.07, 6.45) is 5.50. The van der Waals surface area contributed by atoms with E-state index in [0.717, 1.165) is 6.20 Å². The smallest absolute Gasteiger partial charge is 0.276 e. The molecule has 4 aromatic rings. The molecule has 3 aromatic heterocycles. The minimum Gasteiger partial charge on any atom is -0.397 e. The average Bonchev–Trinajstić information content (AvgIpc) is 2.75. The number of hydrogen-bond donors (Lipinski definition) is 2. The van der Waals surface area contributed by atoms with Gasteiger partial charge in [-0.1, -0.05) is 12.1 Å². The zero-order valence-electron chi connectivity index (χ0n) is 15.5. The maximum Gasteiger partial charge on any atom is 0.276 e. The predicted octanol–water partition coefficient (Wildman–Crippen LogP) is 4.32. The zero-order valence-corrected chi connectivity index (χ0v) is 15.5. The topological polar surface area (TPSA) is 93.8 Å². The summed E-state index contributed by atoms with van der Waals surface area (Å²) in [6, 6.07) is 12.1. The molecular weight excluding hydrogens is 388 g/mol. The number of nitrogens with one attached hydrogen (secondary N) is 1. The number of benzene rings is 1. The summed E-state index contributed by atoms with van der Waals surface area (Å²) < 4.78 is 27.7. The number of halogens is 2. The van der Waals surface area contributed by atoms with Crippen molar-refractivity contribution in [2.45, 2.75) is 0 Å². The molecular formula is C22H15F2N5O. The fraction of sp³-hybridized carbons (Fsp3) is 0. The highest BCUT2D eigenvalue weighted by Crippen LogP contribution is 2.28. The van der Waals surface area contributed by atoms with E-state index in [9.17, 15) is 13.6 Å². The molecule has 3 N–H and O–H groups in total. The van der Waals surface area contributed by atoms with Crippen molar-refractivity contribution >= 4 is 17.3 Å². The van der Waals surface area contributed by atoms with Crippen LogP contribution in [0, 0.1) is 11.6 Å². The maximum absolute atomic E-state index is 14.1. The Morgan fingerprint density at radius 3 is 2.57 bits per heavy atom. The second kappa shape index (κ2) is 8.04. The molecule has 8 heteroatoms. The van der Waals surface area contributed by atoms with Gasteiger partial charge in [0.05, 0.1) is 29.5 Å². The van der Waals surface area contributed by atoms with Crippen molar-refractivity contribution in [1.82, 2.24) is 15.0 Å². The lowest BCUT2D eigenvalue weighted by Crippen LogP contribution is -2.17. The number of nitrogens with two attached hydrogens (primary N) is 1. The number of amides is 1. The molecule has 1 amide bonds. The molecule has 30 heavy (non-hydrogen) atoms. The molecule has 0 bridgehead atoms. The van der Waals surface area contributed by atoms with E-state index >= 15 is 0 Å². The van der Waals surface area contributed by atoms with Crippen molar-refractivity contribution in [3.8, 4) is 22.4 Å². The first-order valence-electron chi connectivity index (χ1n) is 8.90. The molecule has 0 aliphatic carbocycles. The SMILES string of the molecule is Nc1ccc(-c2ccccc2F)nc1C(=O)Nc1cnccc1-c1cncc(F)c1. The molecule has 1 aromatic carbocycles. The number of anilines is 2. The quantitative estimate of drug-likeness (QED) is 0.529. The Labute approximate surface area is 170 Å². The Balaban J connectivity index is 1.69. The van der Waals surface area contributed by atoms with Gasteiger partial charge >= 0.3 is 0 Å². The molecule has 0 unspecified atom stereocenters. The lowest BCUT2D eigenvalue weighted by Gasteiger charge is -2.12. The monoisotopic (exact) mass is 403 g/mol. The lowest BCUT2D eigenvalue weighted by atomic mass is 10.1. The van der Waals surface area contributed by atoms with Crippen LogP contribution in [0.3, 0.4) is 0 Å². The van der Waals surface area contributed by atoms with Gasteiger partial charge in [-0.3, -0.25) is 14.8 Å². The predicted molar refractivity (Wildman–Crippen MR) is 109 cm³/mol. The zero-order chi connectivity index (χ0) is 21.1. The van der Waals surface area contributed by atoms with Crippen LogP contribution < -0.4 is 11.1 Å². The van der Waals surface area contributed by atoms with E-state index in [1.165, 1.54) is 36.8 Å². The number of pyridine rings is 3. The number of carbonyl (C=O) groups excluding carboxylic acids is 1. The summed E-state index contributed by atoms with van der Waals surface area (Å²) in [5.74, 6) is -1.58. The first-order chi connectivity index (χ1) is 14.5. The first kappa shape index (κ1) is 19.1. The number of carbonyl (C=O) groups is 1. The highest BCUT2D eigenvalue weighted by atomic mass is 19.1. The number of aromatic nitrogens is 3. The highest BCUT2D eigenvalue weighted by molar-refractivity contribution is 6.08. The molecule has 0 aliphatic heterocycles. The lowest BCUT2D eigenvalue weighted by molar-refractivity contribution is 0.102. The molecule has 0 atom stereocenters. The van der Waals surface area contributed by atoms with Crippen LogP contribution in [0.5, 0.6) is 0 Å². The molecule has 0 radical (unpaired) electrons. The third kappa shape index (κ3) is 3.83. The van der Waals surface area contributed by atoms with E-state index in [2.05, 4.69) is 20.3 Å². The van der Waals surface area contributed by atoms with Crippen molar-refractivity contribution in [1.29, 1.82) is 0 Å². The minimum atomic E-state index is -0.607. The van der Waals surface area contributed by atoms with Gasteiger partial charge in [-0.25, -0.2) is 13.8 Å². The van der Waals surface area contributed by atoms with Gasteiger partial charge in [0, 0.05) is 29.1 Å². The van der Waals surface area contributed by atoms with Crippen LogP contribution >= 0.6 is 0 Å². The fourth-order valence-electron chi connectivity index (χ4n) is 2.96. The van der Waals surface area contributed by atoms with Crippen molar-refractivity contribution < 1.29 is 13.6 Å². The Hall–Kier alpha value is -4.20. The molecule has 3 heterocycles.